The highest BCUT2D eigenvalue weighted by molar-refractivity contribution is 5.78. The van der Waals surface area contributed by atoms with Gasteiger partial charge in [0.05, 0.1) is 6.04 Å². The zero-order valence-corrected chi connectivity index (χ0v) is 23.6. The van der Waals surface area contributed by atoms with Gasteiger partial charge in [-0.15, -0.1) is 0 Å². The van der Waals surface area contributed by atoms with Gasteiger partial charge in [-0.3, -0.25) is 0 Å². The first-order chi connectivity index (χ1) is 19.7. The first-order valence-corrected chi connectivity index (χ1v) is 14.6. The Morgan fingerprint density at radius 2 is 1.32 bits per heavy atom. The van der Waals surface area contributed by atoms with Crippen molar-refractivity contribution in [2.75, 3.05) is 9.80 Å². The van der Waals surface area contributed by atoms with Gasteiger partial charge in [0.1, 0.15) is 0 Å². The summed E-state index contributed by atoms with van der Waals surface area (Å²) in [6.07, 6.45) is 21.9. The van der Waals surface area contributed by atoms with Gasteiger partial charge < -0.3 is 9.80 Å². The average molecular weight is 523 g/mol. The molecule has 0 radical (unpaired) electrons. The molecular formula is C38H38N2. The van der Waals surface area contributed by atoms with Crippen LogP contribution in [-0.4, -0.2) is 6.04 Å². The maximum absolute atomic E-state index is 2.50. The molecule has 0 fully saturated rings. The number of rotatable bonds is 7. The maximum atomic E-state index is 2.50. The van der Waals surface area contributed by atoms with Crippen LogP contribution in [0.25, 0.3) is 5.57 Å². The Labute approximate surface area is 239 Å². The van der Waals surface area contributed by atoms with E-state index in [4.69, 9.17) is 0 Å². The van der Waals surface area contributed by atoms with E-state index in [0.29, 0.717) is 6.04 Å². The molecular weight excluding hydrogens is 484 g/mol. The smallest absolute Gasteiger partial charge is 0.0560 e. The van der Waals surface area contributed by atoms with Crippen molar-refractivity contribution in [2.24, 2.45) is 0 Å². The molecule has 2 nitrogen and oxygen atoms in total. The topological polar surface area (TPSA) is 6.48 Å². The van der Waals surface area contributed by atoms with E-state index in [-0.39, 0.29) is 0 Å². The normalized spacial score (nSPS) is 18.6. The van der Waals surface area contributed by atoms with E-state index < -0.39 is 0 Å². The molecule has 0 saturated carbocycles. The zero-order valence-electron chi connectivity index (χ0n) is 23.6. The molecule has 6 rings (SSSR count). The van der Waals surface area contributed by atoms with Crippen LogP contribution in [-0.2, 0) is 0 Å². The summed E-state index contributed by atoms with van der Waals surface area (Å²) >= 11 is 0. The molecule has 0 spiro atoms. The van der Waals surface area contributed by atoms with Crippen LogP contribution in [0.2, 0.25) is 0 Å². The first kappa shape index (κ1) is 26.0. The molecule has 0 saturated heterocycles. The third-order valence-electron chi connectivity index (χ3n) is 8.03. The summed E-state index contributed by atoms with van der Waals surface area (Å²) < 4.78 is 0. The molecule has 0 heterocycles. The lowest BCUT2D eigenvalue weighted by molar-refractivity contribution is 0.753. The number of hydrogen-bond donors (Lipinski definition) is 0. The van der Waals surface area contributed by atoms with Crippen LogP contribution in [0, 0.1) is 0 Å². The predicted octanol–water partition coefficient (Wildman–Crippen LogP) is 10.3. The van der Waals surface area contributed by atoms with Gasteiger partial charge in [-0.2, -0.15) is 0 Å². The van der Waals surface area contributed by atoms with Crippen molar-refractivity contribution < 1.29 is 0 Å². The van der Waals surface area contributed by atoms with Crippen LogP contribution < -0.4 is 9.80 Å². The number of anilines is 3. The van der Waals surface area contributed by atoms with Gasteiger partial charge >= 0.3 is 0 Å². The van der Waals surface area contributed by atoms with Crippen LogP contribution in [0.4, 0.5) is 17.1 Å². The minimum absolute atomic E-state index is 0.293. The van der Waals surface area contributed by atoms with Crippen LogP contribution >= 0.6 is 0 Å². The Hall–Kier alpha value is -4.30. The van der Waals surface area contributed by atoms with Gasteiger partial charge in [-0.25, -0.2) is 0 Å². The Balaban J connectivity index is 1.25. The minimum atomic E-state index is 0.293. The molecule has 1 unspecified atom stereocenters. The highest BCUT2D eigenvalue weighted by atomic mass is 15.2. The summed E-state index contributed by atoms with van der Waals surface area (Å²) in [7, 11) is 0. The molecule has 0 aliphatic heterocycles. The van der Waals surface area contributed by atoms with Crippen molar-refractivity contribution in [2.45, 2.75) is 52.0 Å². The fourth-order valence-corrected chi connectivity index (χ4v) is 6.01. The lowest BCUT2D eigenvalue weighted by atomic mass is 9.94. The first-order valence-electron chi connectivity index (χ1n) is 14.6. The quantitative estimate of drug-likeness (QED) is 0.304. The van der Waals surface area contributed by atoms with Crippen molar-refractivity contribution in [3.63, 3.8) is 0 Å². The number of hydrogen-bond acceptors (Lipinski definition) is 2. The summed E-state index contributed by atoms with van der Waals surface area (Å²) in [5, 5.41) is 0. The van der Waals surface area contributed by atoms with Crippen LogP contribution in [0.1, 0.15) is 51.5 Å². The Kier molecular flexibility index (Phi) is 7.68. The maximum Gasteiger partial charge on any atom is 0.0560 e. The van der Waals surface area contributed by atoms with Crippen LogP contribution in [0.5, 0.6) is 0 Å². The van der Waals surface area contributed by atoms with Gasteiger partial charge in [-0.05, 0) is 106 Å². The molecule has 0 N–H and O–H groups in total. The van der Waals surface area contributed by atoms with Gasteiger partial charge in [0.25, 0.3) is 0 Å². The molecule has 3 aliphatic carbocycles. The zero-order chi connectivity index (χ0) is 27.3. The SMILES string of the molecule is CC1=CCCC(N(c2ccccc2)c2ccc(C3=CCC(N(C4=CCCC(C)=C4)c4ccccc4)C=C3)cc2)=C1. The van der Waals surface area contributed by atoms with Gasteiger partial charge in [0.15, 0.2) is 0 Å². The van der Waals surface area contributed by atoms with Gasteiger partial charge in [-0.1, -0.05) is 90.1 Å². The summed E-state index contributed by atoms with van der Waals surface area (Å²) in [6, 6.07) is 30.9. The van der Waals surface area contributed by atoms with E-state index in [1.165, 1.54) is 50.7 Å². The number of allylic oxidation sites excluding steroid dienone is 9. The van der Waals surface area contributed by atoms with Gasteiger partial charge in [0, 0.05) is 28.5 Å². The van der Waals surface area contributed by atoms with Crippen LogP contribution in [0.15, 0.2) is 150 Å². The van der Waals surface area contributed by atoms with E-state index in [1.807, 2.05) is 0 Å². The number of para-hydroxylation sites is 2. The summed E-state index contributed by atoms with van der Waals surface area (Å²) in [5.41, 5.74) is 11.7. The molecule has 2 heteroatoms. The fourth-order valence-electron chi connectivity index (χ4n) is 6.01. The van der Waals surface area contributed by atoms with Crippen molar-refractivity contribution in [3.05, 3.63) is 156 Å². The lowest BCUT2D eigenvalue weighted by Crippen LogP contribution is -2.33. The fraction of sp³-hybridized carbons (Fsp3) is 0.211. The second-order valence-electron chi connectivity index (χ2n) is 11.0. The standard InChI is InChI=1S/C38H38N2/c1-29-11-9-17-37(27-29)39(33-13-5-3-6-14-33)35-23-19-31(20-24-35)32-21-25-36(26-22-32)40(34-15-7-4-8-16-34)38-18-10-12-30(2)28-38/h3-8,11,13-16,18-25,27-28,36H,9-10,12,17,26H2,1-2H3. The van der Waals surface area contributed by atoms with Crippen molar-refractivity contribution in [1.82, 2.24) is 0 Å². The second-order valence-corrected chi connectivity index (χ2v) is 11.0. The molecule has 3 aromatic rings. The molecule has 3 aromatic carbocycles. The van der Waals surface area contributed by atoms with E-state index in [2.05, 4.69) is 151 Å². The van der Waals surface area contributed by atoms with E-state index in [9.17, 15) is 0 Å². The molecule has 0 amide bonds. The van der Waals surface area contributed by atoms with E-state index in [1.54, 1.807) is 0 Å². The number of nitrogens with zero attached hydrogens (tertiary/aromatic N) is 2. The third kappa shape index (κ3) is 5.67. The Bertz CT molecular complexity index is 1520. The molecule has 3 aliphatic rings. The molecule has 0 bridgehead atoms. The Morgan fingerprint density at radius 1 is 0.650 bits per heavy atom. The van der Waals surface area contributed by atoms with Crippen molar-refractivity contribution in [1.29, 1.82) is 0 Å². The van der Waals surface area contributed by atoms with Crippen LogP contribution in [0.3, 0.4) is 0 Å². The van der Waals surface area contributed by atoms with E-state index >= 15 is 0 Å². The number of benzene rings is 3. The molecule has 1 atom stereocenters. The largest absolute Gasteiger partial charge is 0.335 e. The van der Waals surface area contributed by atoms with Crippen molar-refractivity contribution in [3.8, 4) is 0 Å². The summed E-state index contributed by atoms with van der Waals surface area (Å²) in [6.45, 7) is 4.44. The average Bonchev–Trinajstić information content (AvgIpc) is 3.00. The Morgan fingerprint density at radius 3 is 1.98 bits per heavy atom. The second kappa shape index (κ2) is 11.8. The van der Waals surface area contributed by atoms with Gasteiger partial charge in [0.2, 0.25) is 0 Å². The molecule has 40 heavy (non-hydrogen) atoms. The highest BCUT2D eigenvalue weighted by Crippen LogP contribution is 2.36. The minimum Gasteiger partial charge on any atom is -0.335 e. The molecule has 200 valence electrons. The van der Waals surface area contributed by atoms with Crippen molar-refractivity contribution >= 4 is 22.6 Å². The highest BCUT2D eigenvalue weighted by Gasteiger charge is 2.23. The molecule has 0 aromatic heterocycles. The van der Waals surface area contributed by atoms with E-state index in [0.717, 1.165) is 32.1 Å². The summed E-state index contributed by atoms with van der Waals surface area (Å²) in [5.74, 6) is 0. The predicted molar refractivity (Wildman–Crippen MR) is 172 cm³/mol. The third-order valence-corrected chi connectivity index (χ3v) is 8.03. The lowest BCUT2D eigenvalue weighted by Gasteiger charge is -2.35. The monoisotopic (exact) mass is 522 g/mol. The summed E-state index contributed by atoms with van der Waals surface area (Å²) in [4.78, 5) is 4.91.